The van der Waals surface area contributed by atoms with E-state index in [1.165, 1.54) is 0 Å². The molecule has 0 spiro atoms. The minimum Gasteiger partial charge on any atom is -0.469 e. The van der Waals surface area contributed by atoms with Crippen LogP contribution in [0.5, 0.6) is 0 Å². The van der Waals surface area contributed by atoms with Crippen molar-refractivity contribution in [2.24, 2.45) is 4.99 Å². The quantitative estimate of drug-likeness (QED) is 0.350. The third kappa shape index (κ3) is 6.53. The number of furan rings is 1. The molecule has 2 rings (SSSR count). The van der Waals surface area contributed by atoms with Crippen molar-refractivity contribution in [1.29, 1.82) is 0 Å². The van der Waals surface area contributed by atoms with E-state index in [1.807, 2.05) is 26.0 Å². The molecule has 0 aliphatic carbocycles. The van der Waals surface area contributed by atoms with Crippen LogP contribution in [-0.4, -0.2) is 40.6 Å². The number of hydrogen-bond donors (Lipinski definition) is 3. The van der Waals surface area contributed by atoms with Crippen molar-refractivity contribution in [3.8, 4) is 0 Å². The third-order valence-corrected chi connectivity index (χ3v) is 5.07. The van der Waals surface area contributed by atoms with Gasteiger partial charge in [0.2, 0.25) is 10.0 Å². The first kappa shape index (κ1) is 20.0. The summed E-state index contributed by atoms with van der Waals surface area (Å²) in [6, 6.07) is 10.5. The average Bonchev–Trinajstić information content (AvgIpc) is 3.12. The summed E-state index contributed by atoms with van der Waals surface area (Å²) in [5.74, 6) is 1.55. The van der Waals surface area contributed by atoms with E-state index in [0.717, 1.165) is 24.3 Å². The molecule has 2 aromatic rings. The van der Waals surface area contributed by atoms with Crippen LogP contribution in [0.15, 0.2) is 57.0 Å². The van der Waals surface area contributed by atoms with Gasteiger partial charge in [-0.2, -0.15) is 0 Å². The van der Waals surface area contributed by atoms with E-state index in [0.29, 0.717) is 19.0 Å². The molecule has 0 saturated carbocycles. The highest BCUT2D eigenvalue weighted by Gasteiger charge is 2.12. The summed E-state index contributed by atoms with van der Waals surface area (Å²) in [5, 5.41) is 6.33. The second kappa shape index (κ2) is 9.98. The number of rotatable bonds is 9. The van der Waals surface area contributed by atoms with Crippen molar-refractivity contribution in [3.05, 3.63) is 54.0 Å². The zero-order valence-electron chi connectivity index (χ0n) is 15.2. The molecule has 1 aromatic heterocycles. The molecule has 0 aliphatic rings. The van der Waals surface area contributed by atoms with Crippen LogP contribution in [0.4, 0.5) is 0 Å². The summed E-state index contributed by atoms with van der Waals surface area (Å²) in [4.78, 5) is 4.64. The molecule has 26 heavy (non-hydrogen) atoms. The largest absolute Gasteiger partial charge is 0.469 e. The third-order valence-electron chi connectivity index (χ3n) is 3.59. The Labute approximate surface area is 155 Å². The fraction of sp³-hybridized carbons (Fsp3) is 0.389. The summed E-state index contributed by atoms with van der Waals surface area (Å²) in [5.41, 5.74) is 1.02. The summed E-state index contributed by atoms with van der Waals surface area (Å²) >= 11 is 0. The molecular weight excluding hydrogens is 352 g/mol. The van der Waals surface area contributed by atoms with Gasteiger partial charge in [0.05, 0.1) is 17.7 Å². The van der Waals surface area contributed by atoms with Crippen LogP contribution >= 0.6 is 0 Å². The molecule has 0 fully saturated rings. The van der Waals surface area contributed by atoms with Crippen LogP contribution < -0.4 is 15.4 Å². The molecule has 1 heterocycles. The van der Waals surface area contributed by atoms with Crippen molar-refractivity contribution >= 4 is 16.0 Å². The summed E-state index contributed by atoms with van der Waals surface area (Å²) in [6.45, 7) is 5.85. The lowest BCUT2D eigenvalue weighted by Crippen LogP contribution is -2.39. The minimum atomic E-state index is -3.51. The standard InChI is InChI=1S/C18H26N4O3S/c1-3-19-18(20-11-10-16-5-4-14-25-16)21-12-13-22-26(23,24)17-8-6-15(2)7-9-17/h4-9,14,22H,3,10-13H2,1-2H3,(H2,19,20,21). The number of aryl methyl sites for hydroxylation is 1. The van der Waals surface area contributed by atoms with E-state index in [1.54, 1.807) is 30.5 Å². The molecule has 8 heteroatoms. The number of benzene rings is 1. The number of aliphatic imine (C=N–C) groups is 1. The van der Waals surface area contributed by atoms with Gasteiger partial charge in [-0.3, -0.25) is 4.99 Å². The highest BCUT2D eigenvalue weighted by Crippen LogP contribution is 2.09. The highest BCUT2D eigenvalue weighted by atomic mass is 32.2. The van der Waals surface area contributed by atoms with Crippen LogP contribution in [0.25, 0.3) is 0 Å². The van der Waals surface area contributed by atoms with Crippen LogP contribution in [0.1, 0.15) is 18.2 Å². The molecule has 0 bridgehead atoms. The first-order chi connectivity index (χ1) is 12.5. The van der Waals surface area contributed by atoms with Gasteiger partial charge in [-0.15, -0.1) is 0 Å². The van der Waals surface area contributed by atoms with Crippen molar-refractivity contribution in [1.82, 2.24) is 15.4 Å². The van der Waals surface area contributed by atoms with Crippen LogP contribution in [-0.2, 0) is 16.4 Å². The zero-order chi connectivity index (χ0) is 18.8. The molecular formula is C18H26N4O3S. The molecule has 0 unspecified atom stereocenters. The van der Waals surface area contributed by atoms with Crippen LogP contribution in [0.3, 0.4) is 0 Å². The fourth-order valence-corrected chi connectivity index (χ4v) is 3.27. The first-order valence-electron chi connectivity index (χ1n) is 8.62. The van der Waals surface area contributed by atoms with Gasteiger partial charge in [0.25, 0.3) is 0 Å². The molecule has 1 aromatic carbocycles. The second-order valence-electron chi connectivity index (χ2n) is 5.73. The summed E-state index contributed by atoms with van der Waals surface area (Å²) < 4.78 is 32.3. The Kier molecular flexibility index (Phi) is 7.68. The predicted octanol–water partition coefficient (Wildman–Crippen LogP) is 1.66. The van der Waals surface area contributed by atoms with Crippen molar-refractivity contribution < 1.29 is 12.8 Å². The van der Waals surface area contributed by atoms with Gasteiger partial charge >= 0.3 is 0 Å². The number of hydrogen-bond acceptors (Lipinski definition) is 4. The van der Waals surface area contributed by atoms with E-state index < -0.39 is 10.0 Å². The number of nitrogens with zero attached hydrogens (tertiary/aromatic N) is 1. The lowest BCUT2D eigenvalue weighted by Gasteiger charge is -2.11. The van der Waals surface area contributed by atoms with Crippen molar-refractivity contribution in [2.75, 3.05) is 26.2 Å². The maximum absolute atomic E-state index is 12.2. The van der Waals surface area contributed by atoms with Crippen molar-refractivity contribution in [2.45, 2.75) is 25.2 Å². The predicted molar refractivity (Wildman–Crippen MR) is 103 cm³/mol. The second-order valence-corrected chi connectivity index (χ2v) is 7.49. The Bertz CT molecular complexity index is 784. The number of nitrogens with one attached hydrogen (secondary N) is 3. The Balaban J connectivity index is 1.80. The average molecular weight is 378 g/mol. The van der Waals surface area contributed by atoms with E-state index in [9.17, 15) is 8.42 Å². The van der Waals surface area contributed by atoms with Gasteiger partial charge in [0.1, 0.15) is 5.76 Å². The minimum absolute atomic E-state index is 0.227. The number of sulfonamides is 1. The topological polar surface area (TPSA) is 95.7 Å². The van der Waals surface area contributed by atoms with Gasteiger partial charge in [0.15, 0.2) is 5.96 Å². The van der Waals surface area contributed by atoms with E-state index in [-0.39, 0.29) is 11.4 Å². The fourth-order valence-electron chi connectivity index (χ4n) is 2.25. The highest BCUT2D eigenvalue weighted by molar-refractivity contribution is 7.89. The molecule has 142 valence electrons. The Morgan fingerprint density at radius 2 is 1.88 bits per heavy atom. The van der Waals surface area contributed by atoms with Gasteiger partial charge < -0.3 is 15.1 Å². The lowest BCUT2D eigenvalue weighted by molar-refractivity contribution is 0.507. The molecule has 0 atom stereocenters. The van der Waals surface area contributed by atoms with Crippen molar-refractivity contribution in [3.63, 3.8) is 0 Å². The Morgan fingerprint density at radius 3 is 2.54 bits per heavy atom. The smallest absolute Gasteiger partial charge is 0.240 e. The zero-order valence-corrected chi connectivity index (χ0v) is 16.0. The summed E-state index contributed by atoms with van der Waals surface area (Å²) in [6.07, 6.45) is 2.40. The molecule has 0 radical (unpaired) electrons. The summed E-state index contributed by atoms with van der Waals surface area (Å²) in [7, 11) is -3.51. The van der Waals surface area contributed by atoms with E-state index >= 15 is 0 Å². The molecule has 3 N–H and O–H groups in total. The normalized spacial score (nSPS) is 12.2. The maximum atomic E-state index is 12.2. The first-order valence-corrected chi connectivity index (χ1v) is 10.1. The maximum Gasteiger partial charge on any atom is 0.240 e. The van der Waals surface area contributed by atoms with Gasteiger partial charge in [-0.05, 0) is 38.1 Å². The van der Waals surface area contributed by atoms with E-state index in [2.05, 4.69) is 20.3 Å². The lowest BCUT2D eigenvalue weighted by atomic mass is 10.2. The van der Waals surface area contributed by atoms with Gasteiger partial charge in [0, 0.05) is 26.1 Å². The molecule has 0 saturated heterocycles. The Hall–Kier alpha value is -2.32. The molecule has 0 aliphatic heterocycles. The van der Waals surface area contributed by atoms with Crippen LogP contribution in [0, 0.1) is 6.92 Å². The SMILES string of the molecule is CCNC(=NCCNS(=O)(=O)c1ccc(C)cc1)NCCc1ccco1. The monoisotopic (exact) mass is 378 g/mol. The van der Waals surface area contributed by atoms with Crippen LogP contribution in [0.2, 0.25) is 0 Å². The van der Waals surface area contributed by atoms with Gasteiger partial charge in [-0.1, -0.05) is 17.7 Å². The molecule has 7 nitrogen and oxygen atoms in total. The number of guanidine groups is 1. The van der Waals surface area contributed by atoms with Gasteiger partial charge in [-0.25, -0.2) is 13.1 Å². The van der Waals surface area contributed by atoms with E-state index in [4.69, 9.17) is 4.42 Å². The molecule has 0 amide bonds. The Morgan fingerprint density at radius 1 is 1.12 bits per heavy atom.